The van der Waals surface area contributed by atoms with E-state index < -0.39 is 28.0 Å². The van der Waals surface area contributed by atoms with Crippen LogP contribution < -0.4 is 19.1 Å². The average molecular weight is 473 g/mol. The highest BCUT2D eigenvalue weighted by Gasteiger charge is 2.31. The summed E-state index contributed by atoms with van der Waals surface area (Å²) in [5.74, 6) is 0.769. The van der Waals surface area contributed by atoms with Gasteiger partial charge in [-0.25, -0.2) is 8.42 Å². The number of fused-ring (bicyclic) bond motifs is 1. The zero-order valence-electron chi connectivity index (χ0n) is 16.7. The minimum absolute atomic E-state index is 0.140. The SMILES string of the molecule is C[C@H](NC(=O)[C@@H](C)N(c1cc(Cl)ccc1Cl)S(C)(=O)=O)c1ccc2c(c1)OCCO2. The molecule has 10 heteroatoms. The number of carbonyl (C=O) groups is 1. The van der Waals surface area contributed by atoms with Crippen LogP contribution in [-0.4, -0.2) is 39.8 Å². The molecule has 0 radical (unpaired) electrons. The monoisotopic (exact) mass is 472 g/mol. The van der Waals surface area contributed by atoms with E-state index in [1.165, 1.54) is 19.1 Å². The van der Waals surface area contributed by atoms with E-state index in [0.717, 1.165) is 16.1 Å². The van der Waals surface area contributed by atoms with Crippen molar-refractivity contribution in [1.82, 2.24) is 5.32 Å². The van der Waals surface area contributed by atoms with E-state index in [2.05, 4.69) is 5.32 Å². The van der Waals surface area contributed by atoms with Crippen molar-refractivity contribution in [1.29, 1.82) is 0 Å². The fourth-order valence-electron chi connectivity index (χ4n) is 3.18. The topological polar surface area (TPSA) is 84.9 Å². The van der Waals surface area contributed by atoms with Crippen molar-refractivity contribution in [3.63, 3.8) is 0 Å². The predicted octanol–water partition coefficient (Wildman–Crippen LogP) is 3.80. The summed E-state index contributed by atoms with van der Waals surface area (Å²) >= 11 is 12.2. The van der Waals surface area contributed by atoms with E-state index >= 15 is 0 Å². The van der Waals surface area contributed by atoms with Gasteiger partial charge in [0.05, 0.1) is 23.0 Å². The molecule has 162 valence electrons. The van der Waals surface area contributed by atoms with Crippen LogP contribution in [0.4, 0.5) is 5.69 Å². The van der Waals surface area contributed by atoms with E-state index in [9.17, 15) is 13.2 Å². The van der Waals surface area contributed by atoms with E-state index in [-0.39, 0.29) is 10.7 Å². The maximum Gasteiger partial charge on any atom is 0.244 e. The maximum atomic E-state index is 12.9. The normalized spacial score (nSPS) is 15.2. The third-order valence-electron chi connectivity index (χ3n) is 4.66. The second kappa shape index (κ2) is 8.91. The van der Waals surface area contributed by atoms with Crippen LogP contribution in [0.25, 0.3) is 0 Å². The molecule has 0 saturated carbocycles. The van der Waals surface area contributed by atoms with E-state index in [1.807, 2.05) is 6.07 Å². The van der Waals surface area contributed by atoms with E-state index in [0.29, 0.717) is 29.7 Å². The highest BCUT2D eigenvalue weighted by atomic mass is 35.5. The number of hydrogen-bond acceptors (Lipinski definition) is 5. The van der Waals surface area contributed by atoms with Gasteiger partial charge in [0, 0.05) is 5.02 Å². The molecule has 7 nitrogen and oxygen atoms in total. The molecule has 0 aliphatic carbocycles. The Bertz CT molecular complexity index is 1060. The Morgan fingerprint density at radius 2 is 1.73 bits per heavy atom. The van der Waals surface area contributed by atoms with Crippen LogP contribution in [-0.2, 0) is 14.8 Å². The first-order chi connectivity index (χ1) is 14.1. The molecule has 0 fully saturated rings. The minimum atomic E-state index is -3.82. The van der Waals surface area contributed by atoms with Crippen molar-refractivity contribution in [2.24, 2.45) is 0 Å². The molecule has 0 saturated heterocycles. The van der Waals surface area contributed by atoms with Crippen LogP contribution in [0.15, 0.2) is 36.4 Å². The highest BCUT2D eigenvalue weighted by Crippen LogP contribution is 2.34. The minimum Gasteiger partial charge on any atom is -0.486 e. The summed E-state index contributed by atoms with van der Waals surface area (Å²) < 4.78 is 37.0. The third-order valence-corrected chi connectivity index (χ3v) is 6.44. The molecule has 1 N–H and O–H groups in total. The van der Waals surface area contributed by atoms with E-state index in [1.54, 1.807) is 25.1 Å². The molecule has 3 rings (SSSR count). The van der Waals surface area contributed by atoms with Gasteiger partial charge in [-0.1, -0.05) is 29.3 Å². The van der Waals surface area contributed by atoms with Gasteiger partial charge in [-0.05, 0) is 49.7 Å². The summed E-state index contributed by atoms with van der Waals surface area (Å²) in [6.07, 6.45) is 1.01. The second-order valence-electron chi connectivity index (χ2n) is 6.96. The lowest BCUT2D eigenvalue weighted by Crippen LogP contribution is -2.48. The number of benzene rings is 2. The Morgan fingerprint density at radius 3 is 2.40 bits per heavy atom. The molecule has 0 bridgehead atoms. The van der Waals surface area contributed by atoms with Gasteiger partial charge in [0.1, 0.15) is 19.3 Å². The highest BCUT2D eigenvalue weighted by molar-refractivity contribution is 7.92. The van der Waals surface area contributed by atoms with Crippen LogP contribution in [0.3, 0.4) is 0 Å². The molecule has 2 aromatic rings. The molecule has 0 aromatic heterocycles. The first kappa shape index (κ1) is 22.5. The number of nitrogens with zero attached hydrogens (tertiary/aromatic N) is 1. The van der Waals surface area contributed by atoms with Crippen molar-refractivity contribution in [2.45, 2.75) is 25.9 Å². The number of sulfonamides is 1. The Labute approximate surface area is 185 Å². The van der Waals surface area contributed by atoms with Crippen LogP contribution >= 0.6 is 23.2 Å². The molecule has 1 aliphatic rings. The molecule has 1 aliphatic heterocycles. The molecular formula is C20H22Cl2N2O5S. The van der Waals surface area contributed by atoms with Crippen LogP contribution in [0.5, 0.6) is 11.5 Å². The molecule has 30 heavy (non-hydrogen) atoms. The number of ether oxygens (including phenoxy) is 2. The molecule has 1 heterocycles. The van der Waals surface area contributed by atoms with Crippen LogP contribution in [0.1, 0.15) is 25.5 Å². The predicted molar refractivity (Wildman–Crippen MR) is 117 cm³/mol. The Kier molecular flexibility index (Phi) is 6.69. The number of amides is 1. The molecule has 1 amide bonds. The Hall–Kier alpha value is -2.16. The summed E-state index contributed by atoms with van der Waals surface area (Å²) in [4.78, 5) is 12.9. The van der Waals surface area contributed by atoms with E-state index in [4.69, 9.17) is 32.7 Å². The molecular weight excluding hydrogens is 451 g/mol. The summed E-state index contributed by atoms with van der Waals surface area (Å²) in [6, 6.07) is 8.39. The van der Waals surface area contributed by atoms with Gasteiger partial charge in [0.2, 0.25) is 15.9 Å². The number of rotatable bonds is 6. The molecule has 2 atom stereocenters. The second-order valence-corrected chi connectivity index (χ2v) is 9.67. The van der Waals surface area contributed by atoms with Gasteiger partial charge < -0.3 is 14.8 Å². The van der Waals surface area contributed by atoms with Gasteiger partial charge in [0.15, 0.2) is 11.5 Å². The fourth-order valence-corrected chi connectivity index (χ4v) is 4.79. The first-order valence-corrected chi connectivity index (χ1v) is 11.8. The van der Waals surface area contributed by atoms with Gasteiger partial charge in [0.25, 0.3) is 0 Å². The number of carbonyl (C=O) groups excluding carboxylic acids is 1. The first-order valence-electron chi connectivity index (χ1n) is 9.22. The Morgan fingerprint density at radius 1 is 1.07 bits per heavy atom. The van der Waals surface area contributed by atoms with Gasteiger partial charge in [-0.2, -0.15) is 0 Å². The zero-order valence-corrected chi connectivity index (χ0v) is 19.0. The average Bonchev–Trinajstić information content (AvgIpc) is 2.69. The number of nitrogens with one attached hydrogen (secondary N) is 1. The zero-order chi connectivity index (χ0) is 22.1. The van der Waals surface area contributed by atoms with Gasteiger partial charge in [-0.15, -0.1) is 0 Å². The summed E-state index contributed by atoms with van der Waals surface area (Å²) in [5, 5.41) is 3.32. The van der Waals surface area contributed by atoms with Crippen molar-refractivity contribution >= 4 is 44.8 Å². The Balaban J connectivity index is 1.83. The quantitative estimate of drug-likeness (QED) is 0.690. The lowest BCUT2D eigenvalue weighted by Gasteiger charge is -2.30. The molecule has 0 spiro atoms. The lowest BCUT2D eigenvalue weighted by atomic mass is 10.1. The number of halogens is 2. The standard InChI is InChI=1S/C20H22Cl2N2O5S/c1-12(14-4-7-18-19(10-14)29-9-8-28-18)23-20(25)13(2)24(30(3,26)27)17-11-15(21)5-6-16(17)22/h4-7,10-13H,8-9H2,1-3H3,(H,23,25)/t12-,13+/m0/s1. The van der Waals surface area contributed by atoms with Gasteiger partial charge >= 0.3 is 0 Å². The number of hydrogen-bond donors (Lipinski definition) is 1. The largest absolute Gasteiger partial charge is 0.486 e. The lowest BCUT2D eigenvalue weighted by molar-refractivity contribution is -0.122. The van der Waals surface area contributed by atoms with Crippen molar-refractivity contribution in [3.05, 3.63) is 52.0 Å². The van der Waals surface area contributed by atoms with Gasteiger partial charge in [-0.3, -0.25) is 9.10 Å². The van der Waals surface area contributed by atoms with Crippen LogP contribution in [0.2, 0.25) is 10.0 Å². The number of anilines is 1. The summed E-state index contributed by atoms with van der Waals surface area (Å²) in [6.45, 7) is 4.23. The van der Waals surface area contributed by atoms with Crippen molar-refractivity contribution in [2.75, 3.05) is 23.8 Å². The summed E-state index contributed by atoms with van der Waals surface area (Å²) in [5.41, 5.74) is 0.938. The van der Waals surface area contributed by atoms with Crippen molar-refractivity contribution in [3.8, 4) is 11.5 Å². The smallest absolute Gasteiger partial charge is 0.244 e. The summed E-state index contributed by atoms with van der Waals surface area (Å²) in [7, 11) is -3.82. The maximum absolute atomic E-state index is 12.9. The third kappa shape index (κ3) is 4.94. The fraction of sp³-hybridized carbons (Fsp3) is 0.350. The molecule has 2 aromatic carbocycles. The van der Waals surface area contributed by atoms with Crippen molar-refractivity contribution < 1.29 is 22.7 Å². The molecule has 0 unspecified atom stereocenters. The van der Waals surface area contributed by atoms with Crippen LogP contribution in [0, 0.1) is 0 Å².